The van der Waals surface area contributed by atoms with Crippen molar-refractivity contribution < 1.29 is 43.7 Å². The molecular weight excluding hydrogens is 390 g/mol. The average Bonchev–Trinajstić information content (AvgIpc) is 2.52. The summed E-state index contributed by atoms with van der Waals surface area (Å²) < 4.78 is 101. The molecule has 0 heterocycles. The summed E-state index contributed by atoms with van der Waals surface area (Å²) in [5.74, 6) is -0.805. The smallest absolute Gasteiger partial charge is 0.376 e. The molecule has 2 aromatic carbocycles. The van der Waals surface area contributed by atoms with Gasteiger partial charge < -0.3 is 4.18 Å². The van der Waals surface area contributed by atoms with Gasteiger partial charge in [0.25, 0.3) is 0 Å². The average molecular weight is 398 g/mol. The Labute approximate surface area is 143 Å². The minimum absolute atomic E-state index is 0.0350. The number of aldehydes is 1. The summed E-state index contributed by atoms with van der Waals surface area (Å²) >= 11 is 0. The molecule has 0 aliphatic heterocycles. The van der Waals surface area contributed by atoms with Crippen molar-refractivity contribution in [3.63, 3.8) is 0 Å². The Morgan fingerprint density at radius 3 is 2.12 bits per heavy atom. The molecule has 0 unspecified atom stereocenters. The molecule has 0 amide bonds. The largest absolute Gasteiger partial charge is 0.534 e. The lowest BCUT2D eigenvalue weighted by Crippen LogP contribution is -2.28. The standard InChI is InChI=1S/C15H8F6O4S/c16-14(17,18)11-3-1-2-9(6-11)13-5-4-12(7-10(13)8-22)25-26(23,24)15(19,20)21/h1-8H. The number of benzene rings is 2. The highest BCUT2D eigenvalue weighted by Crippen LogP contribution is 2.34. The van der Waals surface area contributed by atoms with Gasteiger partial charge in [-0.3, -0.25) is 4.79 Å². The number of hydrogen-bond donors (Lipinski definition) is 0. The summed E-state index contributed by atoms with van der Waals surface area (Å²) in [6, 6.07) is 6.36. The van der Waals surface area contributed by atoms with E-state index in [0.29, 0.717) is 6.07 Å². The van der Waals surface area contributed by atoms with Crippen molar-refractivity contribution in [1.29, 1.82) is 0 Å². The van der Waals surface area contributed by atoms with Crippen LogP contribution in [0.4, 0.5) is 26.3 Å². The third-order valence-electron chi connectivity index (χ3n) is 3.14. The molecule has 0 atom stereocenters. The lowest BCUT2D eigenvalue weighted by molar-refractivity contribution is -0.137. The minimum atomic E-state index is -5.94. The van der Waals surface area contributed by atoms with E-state index < -0.39 is 33.1 Å². The van der Waals surface area contributed by atoms with Crippen molar-refractivity contribution in [2.45, 2.75) is 11.7 Å². The highest BCUT2D eigenvalue weighted by molar-refractivity contribution is 7.88. The first-order valence-electron chi connectivity index (χ1n) is 6.63. The fourth-order valence-corrected chi connectivity index (χ4v) is 2.44. The molecule has 4 nitrogen and oxygen atoms in total. The Bertz CT molecular complexity index is 932. The highest BCUT2D eigenvalue weighted by Gasteiger charge is 2.48. The van der Waals surface area contributed by atoms with Crippen LogP contribution in [0.25, 0.3) is 11.1 Å². The Morgan fingerprint density at radius 1 is 0.923 bits per heavy atom. The zero-order valence-electron chi connectivity index (χ0n) is 12.4. The van der Waals surface area contributed by atoms with Crippen LogP contribution in [0.2, 0.25) is 0 Å². The fraction of sp³-hybridized carbons (Fsp3) is 0.133. The Morgan fingerprint density at radius 2 is 1.58 bits per heavy atom. The fourth-order valence-electron chi connectivity index (χ4n) is 1.99. The molecule has 0 aliphatic carbocycles. The maximum Gasteiger partial charge on any atom is 0.534 e. The lowest BCUT2D eigenvalue weighted by Gasteiger charge is -2.12. The van der Waals surface area contributed by atoms with E-state index in [1.807, 2.05) is 0 Å². The minimum Gasteiger partial charge on any atom is -0.376 e. The first-order chi connectivity index (χ1) is 11.8. The normalized spacial score (nSPS) is 12.7. The quantitative estimate of drug-likeness (QED) is 0.331. The molecule has 0 bridgehead atoms. The summed E-state index contributed by atoms with van der Waals surface area (Å²) in [6.45, 7) is 0. The van der Waals surface area contributed by atoms with Gasteiger partial charge in [0.2, 0.25) is 0 Å². The van der Waals surface area contributed by atoms with Crippen LogP contribution in [-0.4, -0.2) is 20.2 Å². The molecule has 0 spiro atoms. The monoisotopic (exact) mass is 398 g/mol. The van der Waals surface area contributed by atoms with Gasteiger partial charge in [-0.1, -0.05) is 12.1 Å². The number of rotatable bonds is 4. The van der Waals surface area contributed by atoms with Crippen molar-refractivity contribution >= 4 is 16.4 Å². The third kappa shape index (κ3) is 4.15. The molecule has 140 valence electrons. The Hall–Kier alpha value is -2.56. The number of carbonyl (C=O) groups is 1. The maximum absolute atomic E-state index is 12.8. The van der Waals surface area contributed by atoms with E-state index in [1.54, 1.807) is 0 Å². The van der Waals surface area contributed by atoms with Crippen LogP contribution < -0.4 is 4.18 Å². The molecule has 26 heavy (non-hydrogen) atoms. The van der Waals surface area contributed by atoms with Crippen molar-refractivity contribution in [3.05, 3.63) is 53.6 Å². The van der Waals surface area contributed by atoms with Gasteiger partial charge in [-0.25, -0.2) is 0 Å². The van der Waals surface area contributed by atoms with Gasteiger partial charge in [0.05, 0.1) is 5.56 Å². The van der Waals surface area contributed by atoms with E-state index in [9.17, 15) is 39.6 Å². The SMILES string of the molecule is O=Cc1cc(OS(=O)(=O)C(F)(F)F)ccc1-c1cccc(C(F)(F)F)c1. The molecule has 0 fully saturated rings. The summed E-state index contributed by atoms with van der Waals surface area (Å²) in [5, 5.41) is 0. The summed E-state index contributed by atoms with van der Waals surface area (Å²) in [6.07, 6.45) is -4.48. The predicted molar refractivity (Wildman–Crippen MR) is 77.9 cm³/mol. The zero-order valence-corrected chi connectivity index (χ0v) is 13.2. The Balaban J connectivity index is 2.47. The maximum atomic E-state index is 12.8. The molecule has 0 aliphatic rings. The first-order valence-corrected chi connectivity index (χ1v) is 8.03. The van der Waals surface area contributed by atoms with Crippen LogP contribution in [0.5, 0.6) is 5.75 Å². The molecule has 0 saturated carbocycles. The molecule has 2 rings (SSSR count). The number of hydrogen-bond acceptors (Lipinski definition) is 4. The van der Waals surface area contributed by atoms with Crippen molar-refractivity contribution in [2.75, 3.05) is 0 Å². The molecular formula is C15H8F6O4S. The molecule has 0 N–H and O–H groups in total. The summed E-state index contributed by atoms with van der Waals surface area (Å²) in [5.41, 5.74) is -7.09. The number of halogens is 6. The van der Waals surface area contributed by atoms with Crippen molar-refractivity contribution in [3.8, 4) is 16.9 Å². The van der Waals surface area contributed by atoms with E-state index in [2.05, 4.69) is 4.18 Å². The van der Waals surface area contributed by atoms with E-state index in [4.69, 9.17) is 0 Å². The predicted octanol–water partition coefficient (Wildman–Crippen LogP) is 4.41. The van der Waals surface area contributed by atoms with Crippen LogP contribution in [0.1, 0.15) is 15.9 Å². The van der Waals surface area contributed by atoms with E-state index >= 15 is 0 Å². The van der Waals surface area contributed by atoms with E-state index in [1.165, 1.54) is 6.07 Å². The topological polar surface area (TPSA) is 60.4 Å². The summed E-state index contributed by atoms with van der Waals surface area (Å²) in [4.78, 5) is 11.1. The summed E-state index contributed by atoms with van der Waals surface area (Å²) in [7, 11) is -5.94. The second-order valence-corrected chi connectivity index (χ2v) is 6.47. The third-order valence-corrected chi connectivity index (χ3v) is 4.12. The molecule has 0 saturated heterocycles. The van der Waals surface area contributed by atoms with Gasteiger partial charge in [0, 0.05) is 5.56 Å². The molecule has 0 radical (unpaired) electrons. The Kier molecular flexibility index (Phi) is 5.04. The van der Waals surface area contributed by atoms with E-state index in [-0.39, 0.29) is 23.0 Å². The van der Waals surface area contributed by atoms with Crippen LogP contribution in [0.15, 0.2) is 42.5 Å². The van der Waals surface area contributed by atoms with Crippen LogP contribution >= 0.6 is 0 Å². The first kappa shape index (κ1) is 19.8. The second-order valence-electron chi connectivity index (χ2n) is 4.93. The van der Waals surface area contributed by atoms with Gasteiger partial charge >= 0.3 is 21.8 Å². The number of carbonyl (C=O) groups excluding carboxylic acids is 1. The van der Waals surface area contributed by atoms with Gasteiger partial charge in [0.15, 0.2) is 6.29 Å². The van der Waals surface area contributed by atoms with Gasteiger partial charge in [0.1, 0.15) is 5.75 Å². The van der Waals surface area contributed by atoms with Crippen LogP contribution in [0.3, 0.4) is 0 Å². The van der Waals surface area contributed by atoms with Crippen LogP contribution in [0, 0.1) is 0 Å². The molecule has 0 aromatic heterocycles. The zero-order chi connectivity index (χ0) is 19.8. The lowest BCUT2D eigenvalue weighted by atomic mass is 9.98. The highest BCUT2D eigenvalue weighted by atomic mass is 32.2. The van der Waals surface area contributed by atoms with Gasteiger partial charge in [-0.05, 0) is 41.5 Å². The van der Waals surface area contributed by atoms with Crippen LogP contribution in [-0.2, 0) is 16.3 Å². The van der Waals surface area contributed by atoms with Gasteiger partial charge in [-0.15, -0.1) is 0 Å². The molecule has 2 aromatic rings. The van der Waals surface area contributed by atoms with E-state index in [0.717, 1.165) is 30.3 Å². The second kappa shape index (κ2) is 6.63. The molecule has 11 heteroatoms. The van der Waals surface area contributed by atoms with Crippen molar-refractivity contribution in [2.24, 2.45) is 0 Å². The van der Waals surface area contributed by atoms with Gasteiger partial charge in [-0.2, -0.15) is 34.8 Å². The van der Waals surface area contributed by atoms with Crippen molar-refractivity contribution in [1.82, 2.24) is 0 Å². The number of alkyl halides is 6.